The van der Waals surface area contributed by atoms with Gasteiger partial charge in [-0.15, -0.1) is 11.3 Å². The number of sulfonamides is 1. The number of hydrogen-bond acceptors (Lipinski definition) is 7. The van der Waals surface area contributed by atoms with E-state index in [1.54, 1.807) is 18.9 Å². The van der Waals surface area contributed by atoms with Crippen LogP contribution in [0.5, 0.6) is 0 Å². The van der Waals surface area contributed by atoms with Crippen LogP contribution in [0.2, 0.25) is 0 Å². The van der Waals surface area contributed by atoms with Crippen LogP contribution in [0.1, 0.15) is 81.6 Å². The van der Waals surface area contributed by atoms with Crippen molar-refractivity contribution >= 4 is 44.1 Å². The third-order valence-electron chi connectivity index (χ3n) is 8.03. The number of nitrogens with one attached hydrogen (secondary N) is 1. The van der Waals surface area contributed by atoms with E-state index in [-0.39, 0.29) is 28.3 Å². The van der Waals surface area contributed by atoms with Gasteiger partial charge in [0.25, 0.3) is 11.8 Å². The number of carbonyl (C=O) groups is 3. The van der Waals surface area contributed by atoms with E-state index in [1.807, 2.05) is 13.0 Å². The van der Waals surface area contributed by atoms with Crippen molar-refractivity contribution in [2.24, 2.45) is 0 Å². The molecular weight excluding hydrogens is 562 g/mol. The average Bonchev–Trinajstić information content (AvgIpc) is 3.50. The molecule has 0 unspecified atom stereocenters. The molecule has 218 valence electrons. The van der Waals surface area contributed by atoms with Crippen LogP contribution in [0.4, 0.5) is 5.00 Å². The van der Waals surface area contributed by atoms with Crippen LogP contribution in [-0.4, -0.2) is 64.8 Å². The Kier molecular flexibility index (Phi) is 8.18. The first-order chi connectivity index (χ1) is 19.5. The zero-order valence-electron chi connectivity index (χ0n) is 23.8. The molecule has 0 saturated heterocycles. The minimum Gasteiger partial charge on any atom is -0.337 e. The highest BCUT2D eigenvalue weighted by Gasteiger charge is 2.32. The maximum Gasteiger partial charge on any atom is 0.281 e. The molecule has 0 bridgehead atoms. The largest absolute Gasteiger partial charge is 0.337 e. The highest BCUT2D eigenvalue weighted by molar-refractivity contribution is 7.89. The number of aryl methyl sites for hydroxylation is 2. The molecule has 2 aromatic heterocycles. The molecule has 1 aromatic carbocycles. The fraction of sp³-hybridized carbons (Fsp3) is 0.448. The number of benzene rings is 1. The van der Waals surface area contributed by atoms with Gasteiger partial charge in [0.1, 0.15) is 5.00 Å². The molecule has 1 aliphatic carbocycles. The van der Waals surface area contributed by atoms with Crippen molar-refractivity contribution in [2.45, 2.75) is 76.8 Å². The van der Waals surface area contributed by atoms with Crippen LogP contribution >= 0.6 is 11.3 Å². The second-order valence-corrected chi connectivity index (χ2v) is 13.9. The fourth-order valence-electron chi connectivity index (χ4n) is 5.69. The van der Waals surface area contributed by atoms with E-state index in [0.29, 0.717) is 41.5 Å². The van der Waals surface area contributed by atoms with E-state index in [0.717, 1.165) is 42.5 Å². The molecule has 1 fully saturated rings. The average molecular weight is 598 g/mol. The maximum atomic E-state index is 13.7. The van der Waals surface area contributed by atoms with E-state index in [4.69, 9.17) is 0 Å². The van der Waals surface area contributed by atoms with Gasteiger partial charge in [-0.2, -0.15) is 9.40 Å². The summed E-state index contributed by atoms with van der Waals surface area (Å²) in [7, 11) is -2.06. The monoisotopic (exact) mass is 597 g/mol. The third-order valence-corrected chi connectivity index (χ3v) is 11.1. The number of fused-ring (bicyclic) bond motifs is 1. The summed E-state index contributed by atoms with van der Waals surface area (Å²) >= 11 is 1.28. The first-order valence-electron chi connectivity index (χ1n) is 13.8. The lowest BCUT2D eigenvalue weighted by Gasteiger charge is -2.30. The highest BCUT2D eigenvalue weighted by atomic mass is 32.2. The van der Waals surface area contributed by atoms with Crippen LogP contribution in [0.3, 0.4) is 0 Å². The summed E-state index contributed by atoms with van der Waals surface area (Å²) in [4.78, 5) is 41.8. The Bertz CT molecular complexity index is 1600. The standard InChI is InChI=1S/C29H35N5O5S2/c1-18-16-19(2)34(31-18)29(37)26-24-14-15-33(20(3)35)17-25(24)40-28(26)30-27(36)21-10-12-23(13-11-21)41(38,39)32(4)22-8-6-5-7-9-22/h10-13,16,22H,5-9,14-15,17H2,1-4H3,(H,30,36). The lowest BCUT2D eigenvalue weighted by Crippen LogP contribution is -2.38. The number of aromatic nitrogens is 2. The van der Waals surface area contributed by atoms with Gasteiger partial charge in [-0.3, -0.25) is 14.4 Å². The molecule has 2 aliphatic rings. The van der Waals surface area contributed by atoms with Gasteiger partial charge in [-0.1, -0.05) is 19.3 Å². The van der Waals surface area contributed by atoms with Crippen molar-refractivity contribution in [3.8, 4) is 0 Å². The van der Waals surface area contributed by atoms with Crippen LogP contribution in [0.25, 0.3) is 0 Å². The van der Waals surface area contributed by atoms with Gasteiger partial charge < -0.3 is 10.2 Å². The fourth-order valence-corrected chi connectivity index (χ4v) is 8.35. The summed E-state index contributed by atoms with van der Waals surface area (Å²) in [6, 6.07) is 7.69. The lowest BCUT2D eigenvalue weighted by molar-refractivity contribution is -0.129. The molecule has 5 rings (SSSR count). The predicted octanol–water partition coefficient (Wildman–Crippen LogP) is 4.36. The van der Waals surface area contributed by atoms with Crippen molar-refractivity contribution in [1.29, 1.82) is 0 Å². The Balaban J connectivity index is 1.42. The molecule has 41 heavy (non-hydrogen) atoms. The van der Waals surface area contributed by atoms with Gasteiger partial charge in [0.05, 0.1) is 22.7 Å². The van der Waals surface area contributed by atoms with E-state index in [2.05, 4.69) is 10.4 Å². The quantitative estimate of drug-likeness (QED) is 0.451. The molecule has 12 heteroatoms. The van der Waals surface area contributed by atoms with E-state index in [9.17, 15) is 22.8 Å². The van der Waals surface area contributed by atoms with E-state index in [1.165, 1.54) is 51.5 Å². The third kappa shape index (κ3) is 5.73. The molecule has 3 aromatic rings. The van der Waals surface area contributed by atoms with Crippen molar-refractivity contribution in [3.05, 3.63) is 63.3 Å². The minimum absolute atomic E-state index is 0.0151. The van der Waals surface area contributed by atoms with Gasteiger partial charge >= 0.3 is 0 Å². The molecule has 10 nitrogen and oxygen atoms in total. The van der Waals surface area contributed by atoms with Gasteiger partial charge in [0.15, 0.2) is 0 Å². The van der Waals surface area contributed by atoms with Crippen molar-refractivity contribution in [1.82, 2.24) is 19.0 Å². The van der Waals surface area contributed by atoms with Crippen LogP contribution < -0.4 is 5.32 Å². The van der Waals surface area contributed by atoms with Gasteiger partial charge in [-0.05, 0) is 69.0 Å². The maximum absolute atomic E-state index is 13.7. The number of hydrogen-bond donors (Lipinski definition) is 1. The van der Waals surface area contributed by atoms with Gasteiger partial charge in [0, 0.05) is 42.7 Å². The van der Waals surface area contributed by atoms with Gasteiger partial charge in [0.2, 0.25) is 15.9 Å². The summed E-state index contributed by atoms with van der Waals surface area (Å²) in [6.45, 7) is 5.97. The smallest absolute Gasteiger partial charge is 0.281 e. The summed E-state index contributed by atoms with van der Waals surface area (Å²) in [5.74, 6) is -0.851. The molecule has 1 aliphatic heterocycles. The second-order valence-electron chi connectivity index (χ2n) is 10.8. The summed E-state index contributed by atoms with van der Waals surface area (Å²) in [6.07, 6.45) is 5.36. The Hall–Kier alpha value is -3.35. The Morgan fingerprint density at radius 3 is 2.37 bits per heavy atom. The Morgan fingerprint density at radius 2 is 1.76 bits per heavy atom. The number of carbonyl (C=O) groups excluding carboxylic acids is 3. The molecule has 2 amide bonds. The second kappa shape index (κ2) is 11.5. The molecule has 0 radical (unpaired) electrons. The molecule has 0 atom stereocenters. The number of thiophene rings is 1. The molecule has 3 heterocycles. The lowest BCUT2D eigenvalue weighted by atomic mass is 9.96. The first-order valence-corrected chi connectivity index (χ1v) is 16.1. The highest BCUT2D eigenvalue weighted by Crippen LogP contribution is 2.38. The number of nitrogens with zero attached hydrogens (tertiary/aromatic N) is 4. The minimum atomic E-state index is -3.69. The predicted molar refractivity (Wildman–Crippen MR) is 157 cm³/mol. The van der Waals surface area contributed by atoms with Gasteiger partial charge in [-0.25, -0.2) is 13.1 Å². The number of anilines is 1. The number of rotatable bonds is 6. The van der Waals surface area contributed by atoms with E-state index >= 15 is 0 Å². The summed E-state index contributed by atoms with van der Waals surface area (Å²) in [5, 5.41) is 7.63. The van der Waals surface area contributed by atoms with Crippen LogP contribution in [0.15, 0.2) is 35.2 Å². The zero-order valence-corrected chi connectivity index (χ0v) is 25.4. The molecular formula is C29H35N5O5S2. The SMILES string of the molecule is CC(=O)N1CCc2c(sc(NC(=O)c3ccc(S(=O)(=O)N(C)C4CCCCC4)cc3)c2C(=O)n2nc(C)cc2C)C1. The Labute approximate surface area is 244 Å². The normalized spacial score (nSPS) is 16.1. The summed E-state index contributed by atoms with van der Waals surface area (Å²) in [5.41, 5.74) is 2.84. The topological polar surface area (TPSA) is 122 Å². The van der Waals surface area contributed by atoms with Crippen LogP contribution in [-0.2, 0) is 27.8 Å². The van der Waals surface area contributed by atoms with Crippen LogP contribution in [0, 0.1) is 13.8 Å². The van der Waals surface area contributed by atoms with Crippen molar-refractivity contribution < 1.29 is 22.8 Å². The zero-order chi connectivity index (χ0) is 29.5. The van der Waals surface area contributed by atoms with Crippen molar-refractivity contribution in [2.75, 3.05) is 18.9 Å². The molecule has 1 saturated carbocycles. The number of amides is 2. The molecule has 1 N–H and O–H groups in total. The first kappa shape index (κ1) is 29.2. The van der Waals surface area contributed by atoms with E-state index < -0.39 is 15.9 Å². The summed E-state index contributed by atoms with van der Waals surface area (Å²) < 4.78 is 29.3. The molecule has 0 spiro atoms. The Morgan fingerprint density at radius 1 is 1.07 bits per heavy atom. The van der Waals surface area contributed by atoms with Crippen molar-refractivity contribution in [3.63, 3.8) is 0 Å².